The van der Waals surface area contributed by atoms with Gasteiger partial charge in [-0.3, -0.25) is 14.6 Å². The Bertz CT molecular complexity index is 1110. The lowest BCUT2D eigenvalue weighted by atomic mass is 9.78. The van der Waals surface area contributed by atoms with Gasteiger partial charge < -0.3 is 15.5 Å². The summed E-state index contributed by atoms with van der Waals surface area (Å²) in [6.07, 6.45) is -0.229. The van der Waals surface area contributed by atoms with E-state index in [4.69, 9.17) is 11.0 Å². The number of carbonyl (C=O) groups is 2. The number of likely N-dealkylation sites (tertiary alicyclic amines) is 1. The van der Waals surface area contributed by atoms with Crippen molar-refractivity contribution in [2.75, 3.05) is 31.1 Å². The van der Waals surface area contributed by atoms with Crippen molar-refractivity contribution in [3.05, 3.63) is 59.4 Å². The van der Waals surface area contributed by atoms with Gasteiger partial charge in [0, 0.05) is 44.3 Å². The van der Waals surface area contributed by atoms with Crippen molar-refractivity contribution in [3.63, 3.8) is 0 Å². The number of hydrogen-bond donors (Lipinski definition) is 1. The van der Waals surface area contributed by atoms with Crippen LogP contribution in [-0.2, 0) is 11.0 Å². The Morgan fingerprint density at radius 2 is 1.88 bits per heavy atom. The lowest BCUT2D eigenvalue weighted by Gasteiger charge is -2.37. The van der Waals surface area contributed by atoms with Gasteiger partial charge in [0.2, 0.25) is 5.91 Å². The maximum atomic E-state index is 13.3. The number of amides is 2. The Morgan fingerprint density at radius 3 is 2.47 bits per heavy atom. The van der Waals surface area contributed by atoms with Crippen LogP contribution in [0, 0.1) is 29.1 Å². The monoisotopic (exact) mass is 471 g/mol. The summed E-state index contributed by atoms with van der Waals surface area (Å²) >= 11 is 0. The number of hydrogen-bond acceptors (Lipinski definition) is 5. The summed E-state index contributed by atoms with van der Waals surface area (Å²) in [5.41, 5.74) is 5.18. The molecule has 1 aromatic heterocycles. The smallest absolute Gasteiger partial charge is 0.372 e. The molecule has 0 unspecified atom stereocenters. The van der Waals surface area contributed by atoms with E-state index in [0.717, 1.165) is 6.07 Å². The predicted octanol–water partition coefficient (Wildman–Crippen LogP) is 3.06. The predicted molar refractivity (Wildman–Crippen MR) is 117 cm³/mol. The number of pyridine rings is 1. The first-order chi connectivity index (χ1) is 16.2. The number of alkyl halides is 3. The summed E-state index contributed by atoms with van der Waals surface area (Å²) in [5.74, 6) is -1.11. The van der Waals surface area contributed by atoms with Gasteiger partial charge in [-0.05, 0) is 55.0 Å². The average molecular weight is 471 g/mol. The molecule has 2 fully saturated rings. The number of nitrogens with zero attached hydrogens (tertiary/aromatic N) is 4. The molecule has 0 spiro atoms. The van der Waals surface area contributed by atoms with Gasteiger partial charge in [0.1, 0.15) is 0 Å². The first-order valence-corrected chi connectivity index (χ1v) is 11.0. The summed E-state index contributed by atoms with van der Waals surface area (Å²) in [7, 11) is 0. The van der Waals surface area contributed by atoms with Gasteiger partial charge in [-0.2, -0.15) is 18.4 Å². The fraction of sp³-hybridized carbons (Fsp3) is 0.417. The molecule has 2 atom stereocenters. The van der Waals surface area contributed by atoms with Crippen LogP contribution in [0.4, 0.5) is 18.9 Å². The molecule has 4 rings (SSSR count). The minimum absolute atomic E-state index is 0.105. The van der Waals surface area contributed by atoms with Gasteiger partial charge in [0.15, 0.2) is 0 Å². The highest BCUT2D eigenvalue weighted by molar-refractivity contribution is 5.94. The average Bonchev–Trinajstić information content (AvgIpc) is 3.29. The second kappa shape index (κ2) is 9.33. The van der Waals surface area contributed by atoms with Gasteiger partial charge in [-0.25, -0.2) is 0 Å². The van der Waals surface area contributed by atoms with E-state index in [1.54, 1.807) is 29.3 Å². The van der Waals surface area contributed by atoms with Crippen LogP contribution in [0.3, 0.4) is 0 Å². The normalized spacial score (nSPS) is 21.4. The number of primary amides is 1. The highest BCUT2D eigenvalue weighted by Crippen LogP contribution is 2.39. The maximum absolute atomic E-state index is 13.3. The Hall–Kier alpha value is -3.61. The lowest BCUT2D eigenvalue weighted by Crippen LogP contribution is -2.40. The zero-order valence-corrected chi connectivity index (χ0v) is 18.3. The van der Waals surface area contributed by atoms with Crippen LogP contribution < -0.4 is 10.6 Å². The molecule has 7 nitrogen and oxygen atoms in total. The number of carbonyl (C=O) groups excluding carboxylic acids is 2. The molecule has 0 bridgehead atoms. The van der Waals surface area contributed by atoms with E-state index < -0.39 is 29.1 Å². The fourth-order valence-corrected chi connectivity index (χ4v) is 5.09. The van der Waals surface area contributed by atoms with Crippen LogP contribution in [0.5, 0.6) is 0 Å². The Labute approximate surface area is 195 Å². The number of nitrogens with two attached hydrogens (primary N) is 1. The maximum Gasteiger partial charge on any atom is 0.417 e. The van der Waals surface area contributed by atoms with E-state index >= 15 is 0 Å². The molecule has 3 heterocycles. The Morgan fingerprint density at radius 1 is 1.15 bits per heavy atom. The molecule has 0 radical (unpaired) electrons. The van der Waals surface area contributed by atoms with Crippen molar-refractivity contribution in [2.45, 2.75) is 19.0 Å². The largest absolute Gasteiger partial charge is 0.417 e. The van der Waals surface area contributed by atoms with Gasteiger partial charge >= 0.3 is 6.18 Å². The molecule has 2 aliphatic heterocycles. The van der Waals surface area contributed by atoms with Gasteiger partial charge in [-0.15, -0.1) is 0 Å². The topological polar surface area (TPSA) is 103 Å². The van der Waals surface area contributed by atoms with Crippen molar-refractivity contribution in [2.24, 2.45) is 23.5 Å². The zero-order valence-electron chi connectivity index (χ0n) is 18.3. The molecule has 2 saturated heterocycles. The lowest BCUT2D eigenvalue weighted by molar-refractivity contribution is -0.137. The van der Waals surface area contributed by atoms with E-state index in [9.17, 15) is 22.8 Å². The Kier molecular flexibility index (Phi) is 6.46. The highest BCUT2D eigenvalue weighted by atomic mass is 19.4. The molecule has 2 N–H and O–H groups in total. The minimum Gasteiger partial charge on any atom is -0.372 e. The molecule has 2 aliphatic rings. The molecule has 0 aliphatic carbocycles. The molecule has 1 aromatic carbocycles. The van der Waals surface area contributed by atoms with Crippen molar-refractivity contribution in [3.8, 4) is 6.07 Å². The van der Waals surface area contributed by atoms with Gasteiger partial charge in [0.05, 0.1) is 28.7 Å². The first-order valence-electron chi connectivity index (χ1n) is 11.0. The number of piperidine rings is 1. The molecular weight excluding hydrogens is 447 g/mol. The van der Waals surface area contributed by atoms with Crippen LogP contribution in [0.1, 0.15) is 34.3 Å². The second-order valence-corrected chi connectivity index (χ2v) is 8.79. The summed E-state index contributed by atoms with van der Waals surface area (Å²) < 4.78 is 40.0. The molecular formula is C24H24F3N5O2. The van der Waals surface area contributed by atoms with Gasteiger partial charge in [-0.1, -0.05) is 0 Å². The highest BCUT2D eigenvalue weighted by Gasteiger charge is 2.43. The summed E-state index contributed by atoms with van der Waals surface area (Å²) in [5, 5.41) is 9.01. The second-order valence-electron chi connectivity index (χ2n) is 8.79. The summed E-state index contributed by atoms with van der Waals surface area (Å²) in [6.45, 7) is 1.67. The SMILES string of the molecule is N#Cc1ccc(N2CCC([C@@H]3CN(C(=O)c4cccnc4)C[C@H]3C(N)=O)CC2)cc1C(F)(F)F. The third-order valence-electron chi connectivity index (χ3n) is 6.87. The van der Waals surface area contributed by atoms with Crippen LogP contribution in [0.15, 0.2) is 42.7 Å². The third kappa shape index (κ3) is 4.69. The van der Waals surface area contributed by atoms with Crippen LogP contribution >= 0.6 is 0 Å². The molecule has 0 saturated carbocycles. The molecule has 34 heavy (non-hydrogen) atoms. The molecule has 178 valence electrons. The van der Waals surface area contributed by atoms with Gasteiger partial charge in [0.25, 0.3) is 5.91 Å². The minimum atomic E-state index is -4.61. The molecule has 2 amide bonds. The van der Waals surface area contributed by atoms with E-state index in [1.807, 2.05) is 4.90 Å². The van der Waals surface area contributed by atoms with E-state index in [1.165, 1.54) is 18.3 Å². The number of anilines is 1. The van der Waals surface area contributed by atoms with Crippen LogP contribution in [-0.4, -0.2) is 47.9 Å². The number of rotatable bonds is 4. The van der Waals surface area contributed by atoms with E-state index in [-0.39, 0.29) is 24.3 Å². The summed E-state index contributed by atoms with van der Waals surface area (Å²) in [4.78, 5) is 32.5. The number of benzene rings is 1. The van der Waals surface area contributed by atoms with Crippen LogP contribution in [0.25, 0.3) is 0 Å². The van der Waals surface area contributed by atoms with Crippen molar-refractivity contribution < 1.29 is 22.8 Å². The number of halogens is 3. The third-order valence-corrected chi connectivity index (χ3v) is 6.87. The number of aromatic nitrogens is 1. The fourth-order valence-electron chi connectivity index (χ4n) is 5.09. The zero-order chi connectivity index (χ0) is 24.5. The van der Waals surface area contributed by atoms with E-state index in [2.05, 4.69) is 4.98 Å². The number of nitriles is 1. The van der Waals surface area contributed by atoms with Crippen LogP contribution in [0.2, 0.25) is 0 Å². The standard InChI is InChI=1S/C24H24F3N5O2/c25-24(26,27)21-10-18(4-3-16(21)11-28)31-8-5-15(6-9-31)19-13-32(14-20(19)22(29)33)23(34)17-2-1-7-30-12-17/h1-4,7,10,12,15,19-20H,5-6,8-9,13-14H2,(H2,29,33)/t19-,20+/m0/s1. The van der Waals surface area contributed by atoms with E-state index in [0.29, 0.717) is 43.7 Å². The van der Waals surface area contributed by atoms with Crippen molar-refractivity contribution in [1.29, 1.82) is 5.26 Å². The quantitative estimate of drug-likeness (QED) is 0.738. The molecule has 10 heteroatoms. The summed E-state index contributed by atoms with van der Waals surface area (Å²) in [6, 6.07) is 8.70. The van der Waals surface area contributed by atoms with Crippen molar-refractivity contribution >= 4 is 17.5 Å². The first kappa shape index (κ1) is 23.5. The van der Waals surface area contributed by atoms with Crippen molar-refractivity contribution in [1.82, 2.24) is 9.88 Å². The molecule has 2 aromatic rings. The Balaban J connectivity index is 1.45.